The summed E-state index contributed by atoms with van der Waals surface area (Å²) >= 11 is 0. The molecule has 1 fully saturated rings. The highest BCUT2D eigenvalue weighted by Crippen LogP contribution is 2.46. The molecule has 2 rings (SSSR count). The van der Waals surface area contributed by atoms with Gasteiger partial charge in [0, 0.05) is 7.11 Å². The number of nitriles is 2. The van der Waals surface area contributed by atoms with Gasteiger partial charge in [0.15, 0.2) is 0 Å². The van der Waals surface area contributed by atoms with Crippen LogP contribution in [0.5, 0.6) is 0 Å². The molecule has 0 aromatic rings. The van der Waals surface area contributed by atoms with Crippen molar-refractivity contribution in [1.82, 2.24) is 0 Å². The molecule has 66 valence electrons. The molecule has 0 amide bonds. The molecule has 4 heteroatoms. The lowest BCUT2D eigenvalue weighted by molar-refractivity contribution is -0.169. The maximum absolute atomic E-state index is 8.89. The summed E-state index contributed by atoms with van der Waals surface area (Å²) in [6.45, 7) is 0. The van der Waals surface area contributed by atoms with E-state index >= 15 is 0 Å². The maximum Gasteiger partial charge on any atom is 0.205 e. The summed E-state index contributed by atoms with van der Waals surface area (Å²) in [6.07, 6.45) is 3.22. The summed E-state index contributed by atoms with van der Waals surface area (Å²) in [5.74, 6) is -1.90. The van der Waals surface area contributed by atoms with Crippen LogP contribution in [0.4, 0.5) is 0 Å². The predicted octanol–water partition coefficient (Wildman–Crippen LogP) is 0.577. The highest BCUT2D eigenvalue weighted by Gasteiger charge is 2.58. The average molecular weight is 176 g/mol. The van der Waals surface area contributed by atoms with E-state index in [2.05, 4.69) is 12.1 Å². The smallest absolute Gasteiger partial charge is 0.205 e. The highest BCUT2D eigenvalue weighted by atomic mass is 16.7. The molecule has 1 saturated heterocycles. The first kappa shape index (κ1) is 8.25. The minimum Gasteiger partial charge on any atom is -0.349 e. The zero-order valence-electron chi connectivity index (χ0n) is 7.10. The predicted molar refractivity (Wildman–Crippen MR) is 42.0 cm³/mol. The monoisotopic (exact) mass is 176 g/mol. The number of ether oxygens (including phenoxy) is 2. The Bertz CT molecular complexity index is 339. The van der Waals surface area contributed by atoms with Crippen LogP contribution < -0.4 is 0 Å². The third-order valence-electron chi connectivity index (χ3n) is 2.59. The number of methoxy groups -OCH3 is 1. The summed E-state index contributed by atoms with van der Waals surface area (Å²) in [6, 6.07) is 4.14. The Hall–Kier alpha value is -1.36. The van der Waals surface area contributed by atoms with Crippen LogP contribution >= 0.6 is 0 Å². The number of hydrogen-bond acceptors (Lipinski definition) is 4. The normalized spacial score (nSPS) is 45.9. The summed E-state index contributed by atoms with van der Waals surface area (Å²) in [5.41, 5.74) is 0. The molecule has 0 radical (unpaired) electrons. The van der Waals surface area contributed by atoms with Crippen molar-refractivity contribution in [3.63, 3.8) is 0 Å². The zero-order valence-corrected chi connectivity index (χ0v) is 7.10. The minimum atomic E-state index is -0.972. The Morgan fingerprint density at radius 2 is 2.23 bits per heavy atom. The van der Waals surface area contributed by atoms with Crippen molar-refractivity contribution in [2.45, 2.75) is 11.9 Å². The van der Waals surface area contributed by atoms with Crippen LogP contribution in [0.25, 0.3) is 0 Å². The van der Waals surface area contributed by atoms with E-state index in [1.54, 1.807) is 12.2 Å². The van der Waals surface area contributed by atoms with Crippen LogP contribution in [0.2, 0.25) is 0 Å². The second-order valence-electron chi connectivity index (χ2n) is 3.13. The van der Waals surface area contributed by atoms with Crippen LogP contribution in [-0.2, 0) is 9.47 Å². The van der Waals surface area contributed by atoms with Crippen LogP contribution in [0, 0.1) is 34.5 Å². The second kappa shape index (κ2) is 2.56. The van der Waals surface area contributed by atoms with Gasteiger partial charge in [-0.3, -0.25) is 0 Å². The molecule has 2 aliphatic heterocycles. The van der Waals surface area contributed by atoms with Crippen molar-refractivity contribution >= 4 is 0 Å². The van der Waals surface area contributed by atoms with Crippen molar-refractivity contribution in [3.05, 3.63) is 12.2 Å². The SMILES string of the molecule is CO[C@@]12C=C[C@@H](O1)[C@@H](C#N)[C@@H]2C#N. The first-order chi connectivity index (χ1) is 6.27. The summed E-state index contributed by atoms with van der Waals surface area (Å²) in [7, 11) is 1.48. The van der Waals surface area contributed by atoms with Crippen LogP contribution in [0.3, 0.4) is 0 Å². The largest absolute Gasteiger partial charge is 0.349 e. The zero-order chi connectivity index (χ0) is 9.47. The van der Waals surface area contributed by atoms with E-state index in [0.29, 0.717) is 0 Å². The van der Waals surface area contributed by atoms with Gasteiger partial charge in [0.05, 0.1) is 24.2 Å². The van der Waals surface area contributed by atoms with E-state index in [0.717, 1.165) is 0 Å². The Morgan fingerprint density at radius 3 is 2.77 bits per heavy atom. The van der Waals surface area contributed by atoms with Crippen molar-refractivity contribution in [3.8, 4) is 12.1 Å². The topological polar surface area (TPSA) is 66.0 Å². The van der Waals surface area contributed by atoms with E-state index in [9.17, 15) is 0 Å². The number of rotatable bonds is 1. The lowest BCUT2D eigenvalue weighted by Gasteiger charge is -2.24. The van der Waals surface area contributed by atoms with E-state index in [-0.39, 0.29) is 6.10 Å². The maximum atomic E-state index is 8.89. The molecule has 0 aliphatic carbocycles. The molecule has 2 heterocycles. The van der Waals surface area contributed by atoms with E-state index < -0.39 is 17.6 Å². The van der Waals surface area contributed by atoms with Gasteiger partial charge in [-0.2, -0.15) is 10.5 Å². The van der Waals surface area contributed by atoms with Crippen molar-refractivity contribution in [2.75, 3.05) is 7.11 Å². The van der Waals surface area contributed by atoms with E-state index in [1.165, 1.54) is 7.11 Å². The van der Waals surface area contributed by atoms with Gasteiger partial charge < -0.3 is 9.47 Å². The summed E-state index contributed by atoms with van der Waals surface area (Å²) < 4.78 is 10.6. The lowest BCUT2D eigenvalue weighted by Crippen LogP contribution is -2.35. The first-order valence-electron chi connectivity index (χ1n) is 3.99. The summed E-state index contributed by atoms with van der Waals surface area (Å²) in [4.78, 5) is 0. The fraction of sp³-hybridized carbons (Fsp3) is 0.556. The molecular formula is C9H8N2O2. The number of nitrogens with zero attached hydrogens (tertiary/aromatic N) is 2. The minimum absolute atomic E-state index is 0.283. The fourth-order valence-corrected chi connectivity index (χ4v) is 1.89. The van der Waals surface area contributed by atoms with Crippen molar-refractivity contribution in [1.29, 1.82) is 10.5 Å². The van der Waals surface area contributed by atoms with Gasteiger partial charge in [-0.1, -0.05) is 6.08 Å². The van der Waals surface area contributed by atoms with Gasteiger partial charge in [-0.25, -0.2) is 0 Å². The van der Waals surface area contributed by atoms with Gasteiger partial charge in [-0.15, -0.1) is 0 Å². The first-order valence-corrected chi connectivity index (χ1v) is 3.99. The third kappa shape index (κ3) is 0.846. The Labute approximate surface area is 76.0 Å². The molecule has 0 aromatic carbocycles. The Kier molecular flexibility index (Phi) is 1.63. The molecule has 4 atom stereocenters. The van der Waals surface area contributed by atoms with E-state index in [4.69, 9.17) is 20.0 Å². The van der Waals surface area contributed by atoms with Gasteiger partial charge in [0.1, 0.15) is 5.92 Å². The molecule has 0 unspecified atom stereocenters. The number of fused-ring (bicyclic) bond motifs is 2. The molecule has 0 spiro atoms. The molecule has 13 heavy (non-hydrogen) atoms. The number of hydrogen-bond donors (Lipinski definition) is 0. The van der Waals surface area contributed by atoms with Crippen LogP contribution in [0.15, 0.2) is 12.2 Å². The molecule has 0 saturated carbocycles. The Balaban J connectivity index is 2.40. The third-order valence-corrected chi connectivity index (χ3v) is 2.59. The molecule has 2 bridgehead atoms. The lowest BCUT2D eigenvalue weighted by atomic mass is 9.83. The van der Waals surface area contributed by atoms with Gasteiger partial charge >= 0.3 is 0 Å². The average Bonchev–Trinajstić information content (AvgIpc) is 2.72. The Morgan fingerprint density at radius 1 is 1.46 bits per heavy atom. The quantitative estimate of drug-likeness (QED) is 0.548. The van der Waals surface area contributed by atoms with E-state index in [1.807, 2.05) is 0 Å². The van der Waals surface area contributed by atoms with Gasteiger partial charge in [0.2, 0.25) is 5.79 Å². The molecular weight excluding hydrogens is 168 g/mol. The van der Waals surface area contributed by atoms with Crippen LogP contribution in [-0.4, -0.2) is 19.0 Å². The standard InChI is InChI=1S/C9H8N2O2/c1-12-9-3-2-8(13-9)6(4-10)7(9)5-11/h2-3,6-8H,1H3/t6-,7-,8+,9-/m0/s1. The van der Waals surface area contributed by atoms with Gasteiger partial charge in [-0.05, 0) is 6.08 Å². The fourth-order valence-electron chi connectivity index (χ4n) is 1.89. The molecule has 2 aliphatic rings. The molecule has 0 N–H and O–H groups in total. The van der Waals surface area contributed by atoms with Gasteiger partial charge in [0.25, 0.3) is 0 Å². The highest BCUT2D eigenvalue weighted by molar-refractivity contribution is 5.27. The van der Waals surface area contributed by atoms with Crippen molar-refractivity contribution in [2.24, 2.45) is 11.8 Å². The summed E-state index contributed by atoms with van der Waals surface area (Å²) in [5, 5.41) is 17.7. The molecule has 4 nitrogen and oxygen atoms in total. The molecule has 0 aromatic heterocycles. The van der Waals surface area contributed by atoms with Crippen molar-refractivity contribution < 1.29 is 9.47 Å². The van der Waals surface area contributed by atoms with Crippen LogP contribution in [0.1, 0.15) is 0 Å². The second-order valence-corrected chi connectivity index (χ2v) is 3.13.